The number of hydrogen-bond acceptors (Lipinski definition) is 3. The predicted octanol–water partition coefficient (Wildman–Crippen LogP) is 3.53. The average Bonchev–Trinajstić information content (AvgIpc) is 2.32. The molecule has 2 aromatic rings. The van der Waals surface area contributed by atoms with E-state index in [4.69, 9.17) is 4.74 Å². The van der Waals surface area contributed by atoms with Crippen molar-refractivity contribution in [2.24, 2.45) is 0 Å². The lowest BCUT2D eigenvalue weighted by Crippen LogP contribution is -1.97. The standard InChI is InChI=1S/C13H12INO2/c1-9(16)12-3-2-8-15-13(12)17-11-6-4-10(14)5-7-11/h2-9,16H,1H3/t9-/m1/s1. The number of aliphatic hydroxyl groups excluding tert-OH is 1. The summed E-state index contributed by atoms with van der Waals surface area (Å²) < 4.78 is 6.80. The molecule has 1 atom stereocenters. The fourth-order valence-electron chi connectivity index (χ4n) is 1.42. The lowest BCUT2D eigenvalue weighted by atomic mass is 10.2. The molecule has 0 spiro atoms. The van der Waals surface area contributed by atoms with Crippen LogP contribution in [-0.2, 0) is 0 Å². The summed E-state index contributed by atoms with van der Waals surface area (Å²) in [4.78, 5) is 4.13. The van der Waals surface area contributed by atoms with Gasteiger partial charge in [0.2, 0.25) is 5.88 Å². The fourth-order valence-corrected chi connectivity index (χ4v) is 1.78. The van der Waals surface area contributed by atoms with Gasteiger partial charge in [-0.2, -0.15) is 0 Å². The third-order valence-corrected chi connectivity index (χ3v) is 3.00. The SMILES string of the molecule is C[C@@H](O)c1cccnc1Oc1ccc(I)cc1. The van der Waals surface area contributed by atoms with E-state index in [1.54, 1.807) is 25.3 Å². The molecule has 0 saturated heterocycles. The van der Waals surface area contributed by atoms with Gasteiger partial charge in [0.05, 0.1) is 6.10 Å². The molecule has 1 aromatic heterocycles. The van der Waals surface area contributed by atoms with E-state index in [1.165, 1.54) is 0 Å². The van der Waals surface area contributed by atoms with Gasteiger partial charge in [-0.15, -0.1) is 0 Å². The van der Waals surface area contributed by atoms with Crippen LogP contribution in [0, 0.1) is 3.57 Å². The molecule has 0 aliphatic heterocycles. The van der Waals surface area contributed by atoms with Crippen LogP contribution in [-0.4, -0.2) is 10.1 Å². The molecule has 17 heavy (non-hydrogen) atoms. The smallest absolute Gasteiger partial charge is 0.225 e. The minimum Gasteiger partial charge on any atom is -0.439 e. The summed E-state index contributed by atoms with van der Waals surface area (Å²) >= 11 is 2.23. The Kier molecular flexibility index (Phi) is 3.96. The topological polar surface area (TPSA) is 42.4 Å². The Hall–Kier alpha value is -1.14. The summed E-state index contributed by atoms with van der Waals surface area (Å²) in [6.07, 6.45) is 1.05. The highest BCUT2D eigenvalue weighted by molar-refractivity contribution is 14.1. The first-order valence-electron chi connectivity index (χ1n) is 5.23. The maximum atomic E-state index is 9.61. The summed E-state index contributed by atoms with van der Waals surface area (Å²) in [6, 6.07) is 11.3. The average molecular weight is 341 g/mol. The molecule has 0 saturated carbocycles. The van der Waals surface area contributed by atoms with Gasteiger partial charge < -0.3 is 9.84 Å². The Morgan fingerprint density at radius 1 is 1.24 bits per heavy atom. The van der Waals surface area contributed by atoms with Crippen molar-refractivity contribution in [1.29, 1.82) is 0 Å². The summed E-state index contributed by atoms with van der Waals surface area (Å²) in [5, 5.41) is 9.61. The lowest BCUT2D eigenvalue weighted by Gasteiger charge is -2.11. The van der Waals surface area contributed by atoms with Crippen LogP contribution in [0.4, 0.5) is 0 Å². The van der Waals surface area contributed by atoms with E-state index < -0.39 is 6.10 Å². The summed E-state index contributed by atoms with van der Waals surface area (Å²) in [5.74, 6) is 1.16. The summed E-state index contributed by atoms with van der Waals surface area (Å²) in [5.41, 5.74) is 0.686. The Morgan fingerprint density at radius 2 is 1.94 bits per heavy atom. The Labute approximate surface area is 114 Å². The van der Waals surface area contributed by atoms with Gasteiger partial charge in [-0.3, -0.25) is 0 Å². The van der Waals surface area contributed by atoms with E-state index in [1.807, 2.05) is 24.3 Å². The maximum Gasteiger partial charge on any atom is 0.225 e. The summed E-state index contributed by atoms with van der Waals surface area (Å²) in [7, 11) is 0. The number of rotatable bonds is 3. The van der Waals surface area contributed by atoms with Crippen molar-refractivity contribution in [2.75, 3.05) is 0 Å². The first kappa shape index (κ1) is 12.3. The molecule has 1 aromatic carbocycles. The fraction of sp³-hybridized carbons (Fsp3) is 0.154. The van der Waals surface area contributed by atoms with Crippen molar-refractivity contribution in [2.45, 2.75) is 13.0 Å². The first-order chi connectivity index (χ1) is 8.16. The van der Waals surface area contributed by atoms with E-state index in [-0.39, 0.29) is 0 Å². The highest BCUT2D eigenvalue weighted by atomic mass is 127. The molecule has 0 aliphatic rings. The van der Waals surface area contributed by atoms with Crippen molar-refractivity contribution >= 4 is 22.6 Å². The number of aliphatic hydroxyl groups is 1. The normalized spacial score (nSPS) is 12.2. The van der Waals surface area contributed by atoms with Gasteiger partial charge in [-0.25, -0.2) is 4.98 Å². The number of nitrogens with zero attached hydrogens (tertiary/aromatic N) is 1. The van der Waals surface area contributed by atoms with Crippen LogP contribution in [0.2, 0.25) is 0 Å². The maximum absolute atomic E-state index is 9.61. The van der Waals surface area contributed by atoms with E-state index in [0.717, 1.165) is 3.57 Å². The van der Waals surface area contributed by atoms with Gasteiger partial charge >= 0.3 is 0 Å². The van der Waals surface area contributed by atoms with Crippen molar-refractivity contribution in [3.63, 3.8) is 0 Å². The third-order valence-electron chi connectivity index (χ3n) is 2.28. The van der Waals surface area contributed by atoms with E-state index >= 15 is 0 Å². The molecule has 0 bridgehead atoms. The number of halogens is 1. The predicted molar refractivity (Wildman–Crippen MR) is 74.1 cm³/mol. The van der Waals surface area contributed by atoms with Gasteiger partial charge in [0.1, 0.15) is 5.75 Å². The van der Waals surface area contributed by atoms with Crippen molar-refractivity contribution < 1.29 is 9.84 Å². The molecule has 1 heterocycles. The number of aromatic nitrogens is 1. The van der Waals surface area contributed by atoms with Crippen LogP contribution in [0.25, 0.3) is 0 Å². The number of hydrogen-bond donors (Lipinski definition) is 1. The third kappa shape index (κ3) is 3.17. The highest BCUT2D eigenvalue weighted by Gasteiger charge is 2.10. The zero-order valence-corrected chi connectivity index (χ0v) is 11.5. The first-order valence-corrected chi connectivity index (χ1v) is 6.31. The van der Waals surface area contributed by atoms with Crippen molar-refractivity contribution in [3.05, 3.63) is 51.7 Å². The summed E-state index contributed by atoms with van der Waals surface area (Å²) in [6.45, 7) is 1.69. The largest absolute Gasteiger partial charge is 0.439 e. The molecule has 4 heteroatoms. The molecule has 0 amide bonds. The molecule has 1 N–H and O–H groups in total. The molecule has 88 valence electrons. The van der Waals surface area contributed by atoms with Crippen LogP contribution < -0.4 is 4.74 Å². The molecule has 3 nitrogen and oxygen atoms in total. The van der Waals surface area contributed by atoms with Crippen LogP contribution >= 0.6 is 22.6 Å². The Morgan fingerprint density at radius 3 is 2.59 bits per heavy atom. The van der Waals surface area contributed by atoms with E-state index in [9.17, 15) is 5.11 Å². The number of pyridine rings is 1. The van der Waals surface area contributed by atoms with Crippen LogP contribution in [0.15, 0.2) is 42.6 Å². The second-order valence-electron chi connectivity index (χ2n) is 3.63. The lowest BCUT2D eigenvalue weighted by molar-refractivity contribution is 0.194. The Balaban J connectivity index is 2.26. The highest BCUT2D eigenvalue weighted by Crippen LogP contribution is 2.27. The van der Waals surface area contributed by atoms with E-state index in [2.05, 4.69) is 27.6 Å². The number of benzene rings is 1. The van der Waals surface area contributed by atoms with Gasteiger partial charge in [0.25, 0.3) is 0 Å². The molecule has 0 aliphatic carbocycles. The Bertz CT molecular complexity index is 497. The molecular weight excluding hydrogens is 329 g/mol. The number of ether oxygens (including phenoxy) is 1. The van der Waals surface area contributed by atoms with Gasteiger partial charge in [-0.05, 0) is 65.9 Å². The molecule has 0 radical (unpaired) electrons. The molecule has 2 rings (SSSR count). The molecule has 0 fully saturated rings. The zero-order valence-electron chi connectivity index (χ0n) is 9.30. The van der Waals surface area contributed by atoms with Crippen LogP contribution in [0.1, 0.15) is 18.6 Å². The minimum atomic E-state index is -0.595. The second kappa shape index (κ2) is 5.46. The monoisotopic (exact) mass is 341 g/mol. The minimum absolute atomic E-state index is 0.448. The van der Waals surface area contributed by atoms with Crippen molar-refractivity contribution in [1.82, 2.24) is 4.98 Å². The van der Waals surface area contributed by atoms with Gasteiger partial charge in [-0.1, -0.05) is 0 Å². The van der Waals surface area contributed by atoms with Crippen molar-refractivity contribution in [3.8, 4) is 11.6 Å². The van der Waals surface area contributed by atoms with Crippen LogP contribution in [0.5, 0.6) is 11.6 Å². The molecule has 0 unspecified atom stereocenters. The van der Waals surface area contributed by atoms with Gasteiger partial charge in [0.15, 0.2) is 0 Å². The zero-order chi connectivity index (χ0) is 12.3. The van der Waals surface area contributed by atoms with Gasteiger partial charge in [0, 0.05) is 15.3 Å². The van der Waals surface area contributed by atoms with Crippen LogP contribution in [0.3, 0.4) is 0 Å². The van der Waals surface area contributed by atoms with E-state index in [0.29, 0.717) is 17.2 Å². The second-order valence-corrected chi connectivity index (χ2v) is 4.88. The quantitative estimate of drug-likeness (QED) is 0.869. The molecular formula is C13H12INO2.